The molecule has 2 aromatic heterocycles. The molecule has 0 aromatic carbocycles. The molecule has 104 valence electrons. The number of aryl methyl sites for hydroxylation is 2. The van der Waals surface area contributed by atoms with Crippen molar-refractivity contribution in [1.82, 2.24) is 24.6 Å². The molecule has 2 aromatic rings. The van der Waals surface area contributed by atoms with Crippen molar-refractivity contribution >= 4 is 0 Å². The number of aromatic nitrogens is 4. The van der Waals surface area contributed by atoms with Gasteiger partial charge in [0.05, 0.1) is 13.3 Å². The molecule has 2 rings (SSSR count). The van der Waals surface area contributed by atoms with Gasteiger partial charge in [-0.3, -0.25) is 4.68 Å². The first-order chi connectivity index (χ1) is 9.19. The van der Waals surface area contributed by atoms with Crippen LogP contribution in [0.4, 0.5) is 0 Å². The van der Waals surface area contributed by atoms with Crippen molar-refractivity contribution in [2.45, 2.75) is 19.4 Å². The summed E-state index contributed by atoms with van der Waals surface area (Å²) in [5.41, 5.74) is 0.991. The van der Waals surface area contributed by atoms with E-state index in [-0.39, 0.29) is 6.04 Å². The second-order valence-electron chi connectivity index (χ2n) is 4.51. The van der Waals surface area contributed by atoms with Crippen molar-refractivity contribution in [2.75, 3.05) is 13.7 Å². The highest BCUT2D eigenvalue weighted by atomic mass is 16.5. The Hall–Kier alpha value is -1.82. The first-order valence-electron chi connectivity index (χ1n) is 6.45. The Morgan fingerprint density at radius 3 is 2.79 bits per heavy atom. The smallest absolute Gasteiger partial charge is 0.162 e. The summed E-state index contributed by atoms with van der Waals surface area (Å²) in [7, 11) is 5.57. The van der Waals surface area contributed by atoms with Gasteiger partial charge in [-0.05, 0) is 13.0 Å². The van der Waals surface area contributed by atoms with Gasteiger partial charge in [0.15, 0.2) is 5.75 Å². The molecule has 0 aliphatic heterocycles. The standard InChI is InChI=1S/C13H21N5O/c1-5-6-14-11(13-15-7-8-17(13)2)12-10(19-4)9-16-18(12)3/h7-9,11,14H,5-6H2,1-4H3. The minimum atomic E-state index is -0.0256. The van der Waals surface area contributed by atoms with Crippen molar-refractivity contribution in [3.63, 3.8) is 0 Å². The Bertz CT molecular complexity index is 531. The SMILES string of the molecule is CCCNC(c1nccn1C)c1c(OC)cnn1C. The Morgan fingerprint density at radius 2 is 2.21 bits per heavy atom. The van der Waals surface area contributed by atoms with Gasteiger partial charge in [0.2, 0.25) is 0 Å². The van der Waals surface area contributed by atoms with Crippen LogP contribution in [0, 0.1) is 0 Å². The maximum Gasteiger partial charge on any atom is 0.162 e. The van der Waals surface area contributed by atoms with Crippen molar-refractivity contribution in [3.05, 3.63) is 30.1 Å². The highest BCUT2D eigenvalue weighted by molar-refractivity contribution is 5.32. The fraction of sp³-hybridized carbons (Fsp3) is 0.538. The Balaban J connectivity index is 2.42. The van der Waals surface area contributed by atoms with E-state index >= 15 is 0 Å². The van der Waals surface area contributed by atoms with E-state index in [0.29, 0.717) is 0 Å². The number of hydrogen-bond acceptors (Lipinski definition) is 4. The lowest BCUT2D eigenvalue weighted by Crippen LogP contribution is -2.28. The molecule has 0 aliphatic carbocycles. The average molecular weight is 263 g/mol. The molecule has 0 fully saturated rings. The van der Waals surface area contributed by atoms with E-state index in [1.807, 2.05) is 29.5 Å². The molecule has 6 heteroatoms. The molecule has 6 nitrogen and oxygen atoms in total. The van der Waals surface area contributed by atoms with Crippen molar-refractivity contribution in [3.8, 4) is 5.75 Å². The van der Waals surface area contributed by atoms with Crippen LogP contribution in [0.5, 0.6) is 5.75 Å². The summed E-state index contributed by atoms with van der Waals surface area (Å²) >= 11 is 0. The molecule has 0 spiro atoms. The molecule has 1 atom stereocenters. The van der Waals surface area contributed by atoms with E-state index in [1.165, 1.54) is 0 Å². The molecular formula is C13H21N5O. The van der Waals surface area contributed by atoms with Crippen LogP contribution in [0.1, 0.15) is 30.9 Å². The Morgan fingerprint density at radius 1 is 1.42 bits per heavy atom. The fourth-order valence-electron chi connectivity index (χ4n) is 2.17. The molecular weight excluding hydrogens is 242 g/mol. The summed E-state index contributed by atoms with van der Waals surface area (Å²) in [6.45, 7) is 3.05. The number of nitrogens with zero attached hydrogens (tertiary/aromatic N) is 4. The van der Waals surface area contributed by atoms with Crippen molar-refractivity contribution in [1.29, 1.82) is 0 Å². The molecule has 1 unspecified atom stereocenters. The van der Waals surface area contributed by atoms with Crippen molar-refractivity contribution in [2.24, 2.45) is 14.1 Å². The van der Waals surface area contributed by atoms with E-state index in [4.69, 9.17) is 4.74 Å². The minimum absolute atomic E-state index is 0.0256. The second-order valence-corrected chi connectivity index (χ2v) is 4.51. The number of ether oxygens (including phenoxy) is 1. The predicted molar refractivity (Wildman–Crippen MR) is 73.1 cm³/mol. The quantitative estimate of drug-likeness (QED) is 0.852. The number of rotatable bonds is 6. The van der Waals surface area contributed by atoms with Crippen LogP contribution in [0.2, 0.25) is 0 Å². The summed E-state index contributed by atoms with van der Waals surface area (Å²) in [5.74, 6) is 1.73. The summed E-state index contributed by atoms with van der Waals surface area (Å²) in [4.78, 5) is 4.45. The van der Waals surface area contributed by atoms with E-state index in [2.05, 4.69) is 22.3 Å². The van der Waals surface area contributed by atoms with Crippen LogP contribution in [-0.2, 0) is 14.1 Å². The molecule has 0 aliphatic rings. The van der Waals surface area contributed by atoms with E-state index in [0.717, 1.165) is 30.2 Å². The summed E-state index contributed by atoms with van der Waals surface area (Å²) in [6.07, 6.45) is 6.54. The topological polar surface area (TPSA) is 56.9 Å². The minimum Gasteiger partial charge on any atom is -0.493 e. The highest BCUT2D eigenvalue weighted by Gasteiger charge is 2.24. The molecule has 19 heavy (non-hydrogen) atoms. The lowest BCUT2D eigenvalue weighted by molar-refractivity contribution is 0.397. The summed E-state index contributed by atoms with van der Waals surface area (Å²) in [6, 6.07) is -0.0256. The van der Waals surface area contributed by atoms with Gasteiger partial charge in [0, 0.05) is 26.5 Å². The third kappa shape index (κ3) is 2.63. The molecule has 0 bridgehead atoms. The lowest BCUT2D eigenvalue weighted by atomic mass is 10.1. The van der Waals surface area contributed by atoms with E-state index in [1.54, 1.807) is 19.5 Å². The van der Waals surface area contributed by atoms with Crippen LogP contribution in [0.15, 0.2) is 18.6 Å². The monoisotopic (exact) mass is 263 g/mol. The van der Waals surface area contributed by atoms with Gasteiger partial charge in [0.1, 0.15) is 17.6 Å². The van der Waals surface area contributed by atoms with Crippen molar-refractivity contribution < 1.29 is 4.74 Å². The third-order valence-corrected chi connectivity index (χ3v) is 3.16. The number of nitrogens with one attached hydrogen (secondary N) is 1. The molecule has 0 amide bonds. The van der Waals surface area contributed by atoms with Crippen LogP contribution < -0.4 is 10.1 Å². The van der Waals surface area contributed by atoms with Crippen LogP contribution in [-0.4, -0.2) is 33.0 Å². The normalized spacial score (nSPS) is 12.6. The van der Waals surface area contributed by atoms with Gasteiger partial charge in [-0.2, -0.15) is 5.10 Å². The molecule has 1 N–H and O–H groups in total. The van der Waals surface area contributed by atoms with Gasteiger partial charge in [-0.25, -0.2) is 4.98 Å². The average Bonchev–Trinajstić information content (AvgIpc) is 2.98. The highest BCUT2D eigenvalue weighted by Crippen LogP contribution is 2.28. The molecule has 0 saturated heterocycles. The van der Waals surface area contributed by atoms with Gasteiger partial charge >= 0.3 is 0 Å². The number of methoxy groups -OCH3 is 1. The number of hydrogen-bond donors (Lipinski definition) is 1. The summed E-state index contributed by atoms with van der Waals surface area (Å²) in [5, 5.41) is 7.78. The molecule has 0 radical (unpaired) electrons. The van der Waals surface area contributed by atoms with Gasteiger partial charge in [0.25, 0.3) is 0 Å². The zero-order chi connectivity index (χ0) is 13.8. The Kier molecular flexibility index (Phi) is 4.21. The van der Waals surface area contributed by atoms with Gasteiger partial charge in [-0.15, -0.1) is 0 Å². The molecule has 0 saturated carbocycles. The zero-order valence-corrected chi connectivity index (χ0v) is 11.9. The zero-order valence-electron chi connectivity index (χ0n) is 11.9. The molecule has 2 heterocycles. The maximum absolute atomic E-state index is 5.40. The predicted octanol–water partition coefficient (Wildman–Crippen LogP) is 1.25. The van der Waals surface area contributed by atoms with Crippen LogP contribution in [0.3, 0.4) is 0 Å². The maximum atomic E-state index is 5.40. The fourth-order valence-corrected chi connectivity index (χ4v) is 2.17. The first-order valence-corrected chi connectivity index (χ1v) is 6.45. The third-order valence-electron chi connectivity index (χ3n) is 3.16. The Labute approximate surface area is 113 Å². The van der Waals surface area contributed by atoms with Crippen LogP contribution in [0.25, 0.3) is 0 Å². The largest absolute Gasteiger partial charge is 0.493 e. The van der Waals surface area contributed by atoms with E-state index in [9.17, 15) is 0 Å². The number of imidazole rings is 1. The van der Waals surface area contributed by atoms with Gasteiger partial charge in [-0.1, -0.05) is 6.92 Å². The lowest BCUT2D eigenvalue weighted by Gasteiger charge is -2.19. The first kappa shape index (κ1) is 13.6. The van der Waals surface area contributed by atoms with E-state index < -0.39 is 0 Å². The summed E-state index contributed by atoms with van der Waals surface area (Å²) < 4.78 is 9.25. The second kappa shape index (κ2) is 5.88. The van der Waals surface area contributed by atoms with Gasteiger partial charge < -0.3 is 14.6 Å². The van der Waals surface area contributed by atoms with Crippen LogP contribution >= 0.6 is 0 Å².